The molecular weight excluding hydrogens is 342 g/mol. The molecule has 90 valence electrons. The Bertz CT molecular complexity index is 269. The quantitative estimate of drug-likeness (QED) is 0.370. The first-order valence-electron chi connectivity index (χ1n) is 4.51. The van der Waals surface area contributed by atoms with Gasteiger partial charge in [-0.05, 0) is 0 Å². The van der Waals surface area contributed by atoms with Crippen LogP contribution in [-0.4, -0.2) is 48.4 Å². The van der Waals surface area contributed by atoms with Gasteiger partial charge in [0.2, 0.25) is 0 Å². The summed E-state index contributed by atoms with van der Waals surface area (Å²) in [5.74, 6) is -1.86. The fourth-order valence-corrected chi connectivity index (χ4v) is 6.93. The molecule has 0 aromatic heterocycles. The topological polar surface area (TPSA) is 74.6 Å². The Balaban J connectivity index is 3.41. The Kier molecular flexibility index (Phi) is 8.30. The van der Waals surface area contributed by atoms with Gasteiger partial charge < -0.3 is 0 Å². The molecule has 0 aliphatic rings. The number of carboxylic acids is 2. The van der Waals surface area contributed by atoms with Gasteiger partial charge in [0.05, 0.1) is 0 Å². The maximum absolute atomic E-state index is 10.4. The molecule has 0 aromatic carbocycles. The third-order valence-electron chi connectivity index (χ3n) is 1.66. The minimum absolute atomic E-state index is 0.257. The second-order valence-electron chi connectivity index (χ2n) is 2.96. The first-order valence-corrected chi connectivity index (χ1v) is 11.3. The second kappa shape index (κ2) is 8.59. The van der Waals surface area contributed by atoms with Crippen LogP contribution in [0.4, 0.5) is 0 Å². The zero-order valence-electron chi connectivity index (χ0n) is 8.77. The van der Waals surface area contributed by atoms with Crippen molar-refractivity contribution in [1.29, 1.82) is 0 Å². The van der Waals surface area contributed by atoms with Crippen molar-refractivity contribution in [2.75, 3.05) is 0 Å². The van der Waals surface area contributed by atoms with Gasteiger partial charge >= 0.3 is 106 Å². The number of hydrogen-bond acceptors (Lipinski definition) is 2. The van der Waals surface area contributed by atoms with Crippen LogP contribution in [0.5, 0.6) is 0 Å². The molecule has 0 amide bonds. The van der Waals surface area contributed by atoms with Gasteiger partial charge in [0.15, 0.2) is 0 Å². The molecule has 4 nitrogen and oxygen atoms in total. The molecule has 0 aromatic rings. The third-order valence-corrected chi connectivity index (χ3v) is 9.02. The molecule has 0 saturated heterocycles. The summed E-state index contributed by atoms with van der Waals surface area (Å²) in [6.07, 6.45) is 1.08. The van der Waals surface area contributed by atoms with Gasteiger partial charge in [-0.3, -0.25) is 0 Å². The summed E-state index contributed by atoms with van der Waals surface area (Å²) >= 11 is 0.842. The monoisotopic (exact) mass is 358 g/mol. The molecule has 0 heterocycles. The van der Waals surface area contributed by atoms with E-state index in [1.807, 2.05) is 0 Å². The molecule has 0 radical (unpaired) electrons. The summed E-state index contributed by atoms with van der Waals surface area (Å²) < 4.78 is 0. The van der Waals surface area contributed by atoms with Gasteiger partial charge in [0.1, 0.15) is 0 Å². The molecule has 0 rings (SSSR count). The van der Waals surface area contributed by atoms with Crippen molar-refractivity contribution < 1.29 is 19.8 Å². The Morgan fingerprint density at radius 1 is 0.875 bits per heavy atom. The van der Waals surface area contributed by atoms with E-state index in [0.717, 1.165) is 10.6 Å². The summed E-state index contributed by atoms with van der Waals surface area (Å²) in [4.78, 5) is 20.8. The van der Waals surface area contributed by atoms with E-state index in [4.69, 9.17) is 10.2 Å². The molecule has 0 fully saturated rings. The van der Waals surface area contributed by atoms with Gasteiger partial charge in [0.25, 0.3) is 0 Å². The van der Waals surface area contributed by atoms with E-state index in [1.165, 1.54) is 0 Å². The molecule has 0 unspecified atom stereocenters. The summed E-state index contributed by atoms with van der Waals surface area (Å²) in [5, 5.41) is 18.9. The maximum atomic E-state index is 10.4. The van der Waals surface area contributed by atoms with Crippen LogP contribution in [-0.2, 0) is 9.59 Å². The van der Waals surface area contributed by atoms with E-state index in [-0.39, 0.29) is 11.1 Å². The normalized spacial score (nSPS) is 9.75. The molecule has 0 atom stereocenters. The molecule has 0 spiro atoms. The molecule has 0 aliphatic carbocycles. The van der Waals surface area contributed by atoms with Crippen LogP contribution in [0.15, 0.2) is 24.3 Å². The Hall–Kier alpha value is -0.541. The standard InChI is InChI=1S/C10H14O4Se2/c1-7(9(11)12)3-5-15-16-6-4-8(2)10(13)14/h1-6H2,(H,11,12)(H,13,14). The number of carbonyl (C=O) groups is 2. The van der Waals surface area contributed by atoms with E-state index in [1.54, 1.807) is 0 Å². The van der Waals surface area contributed by atoms with Crippen molar-refractivity contribution in [3.63, 3.8) is 0 Å². The van der Waals surface area contributed by atoms with Crippen LogP contribution in [0.25, 0.3) is 0 Å². The number of carboxylic acid groups (broad SMARTS) is 2. The number of rotatable bonds is 9. The van der Waals surface area contributed by atoms with Crippen LogP contribution in [0, 0.1) is 0 Å². The Morgan fingerprint density at radius 2 is 1.19 bits per heavy atom. The van der Waals surface area contributed by atoms with Gasteiger partial charge in [-0.2, -0.15) is 0 Å². The van der Waals surface area contributed by atoms with Crippen molar-refractivity contribution in [2.45, 2.75) is 23.5 Å². The van der Waals surface area contributed by atoms with Crippen molar-refractivity contribution in [3.05, 3.63) is 24.3 Å². The van der Waals surface area contributed by atoms with E-state index < -0.39 is 11.9 Å². The predicted octanol–water partition coefficient (Wildman–Crippen LogP) is 1.21. The van der Waals surface area contributed by atoms with Gasteiger partial charge in [-0.1, -0.05) is 0 Å². The Labute approximate surface area is 106 Å². The van der Waals surface area contributed by atoms with Crippen LogP contribution < -0.4 is 0 Å². The van der Waals surface area contributed by atoms with Gasteiger partial charge in [-0.15, -0.1) is 0 Å². The molecule has 2 N–H and O–H groups in total. The molecule has 6 heteroatoms. The van der Waals surface area contributed by atoms with Gasteiger partial charge in [-0.25, -0.2) is 0 Å². The summed E-state index contributed by atoms with van der Waals surface area (Å²) in [6, 6.07) is 0. The average Bonchev–Trinajstić information content (AvgIpc) is 2.21. The minimum atomic E-state index is -0.928. The average molecular weight is 356 g/mol. The van der Waals surface area contributed by atoms with Crippen molar-refractivity contribution in [3.8, 4) is 0 Å². The van der Waals surface area contributed by atoms with Crippen LogP contribution in [0.1, 0.15) is 12.8 Å². The predicted molar refractivity (Wildman–Crippen MR) is 63.9 cm³/mol. The summed E-state index contributed by atoms with van der Waals surface area (Å²) in [7, 11) is 0. The second-order valence-corrected chi connectivity index (χ2v) is 10.8. The van der Waals surface area contributed by atoms with Crippen LogP contribution >= 0.6 is 0 Å². The fourth-order valence-electron chi connectivity index (χ4n) is 0.661. The van der Waals surface area contributed by atoms with E-state index in [9.17, 15) is 9.59 Å². The first-order chi connectivity index (χ1) is 7.45. The zero-order chi connectivity index (χ0) is 12.6. The molecule has 16 heavy (non-hydrogen) atoms. The van der Waals surface area contributed by atoms with Crippen molar-refractivity contribution in [2.24, 2.45) is 0 Å². The van der Waals surface area contributed by atoms with Gasteiger partial charge in [0, 0.05) is 0 Å². The van der Waals surface area contributed by atoms with E-state index in [2.05, 4.69) is 13.2 Å². The zero-order valence-corrected chi connectivity index (χ0v) is 12.2. The van der Waals surface area contributed by atoms with Crippen LogP contribution in [0.2, 0.25) is 10.6 Å². The fraction of sp³-hybridized carbons (Fsp3) is 0.400. The van der Waals surface area contributed by atoms with E-state index in [0.29, 0.717) is 39.1 Å². The summed E-state index contributed by atoms with van der Waals surface area (Å²) in [5.41, 5.74) is 0.514. The Morgan fingerprint density at radius 3 is 1.44 bits per heavy atom. The summed E-state index contributed by atoms with van der Waals surface area (Å²) in [6.45, 7) is 6.90. The third kappa shape index (κ3) is 7.71. The molecule has 0 aliphatic heterocycles. The number of aliphatic carboxylic acids is 2. The number of hydrogen-bond donors (Lipinski definition) is 2. The van der Waals surface area contributed by atoms with Crippen LogP contribution in [0.3, 0.4) is 0 Å². The van der Waals surface area contributed by atoms with Crippen molar-refractivity contribution >= 4 is 38.2 Å². The van der Waals surface area contributed by atoms with Crippen molar-refractivity contribution in [1.82, 2.24) is 0 Å². The van der Waals surface area contributed by atoms with E-state index >= 15 is 0 Å². The SMILES string of the molecule is C=C(CC[Se][Se]CCC(=C)C(=O)O)C(=O)O. The molecule has 0 saturated carbocycles. The molecular formula is C10H14O4Se2. The molecule has 0 bridgehead atoms. The first kappa shape index (κ1) is 15.5.